The number of imidazole rings is 1. The van der Waals surface area contributed by atoms with Gasteiger partial charge in [-0.25, -0.2) is 4.98 Å². The van der Waals surface area contributed by atoms with E-state index in [0.29, 0.717) is 31.7 Å². The van der Waals surface area contributed by atoms with Crippen molar-refractivity contribution in [3.05, 3.63) is 42.2 Å². The summed E-state index contributed by atoms with van der Waals surface area (Å²) in [5.41, 5.74) is 2.15. The van der Waals surface area contributed by atoms with Gasteiger partial charge in [-0.1, -0.05) is 13.8 Å². The number of carbonyl (C=O) groups excluding carboxylic acids is 2. The molecule has 2 aromatic heterocycles. The highest BCUT2D eigenvalue weighted by molar-refractivity contribution is 5.98. The van der Waals surface area contributed by atoms with Gasteiger partial charge in [-0.15, -0.1) is 10.2 Å². The molecule has 1 aromatic carbocycles. The number of nitrogens with zero attached hydrogens (tertiary/aromatic N) is 6. The van der Waals surface area contributed by atoms with Gasteiger partial charge >= 0.3 is 0 Å². The lowest BCUT2D eigenvalue weighted by Crippen LogP contribution is -2.61. The van der Waals surface area contributed by atoms with Crippen molar-refractivity contribution in [2.75, 3.05) is 26.2 Å². The number of rotatable bonds is 3. The number of hydrogen-bond donors (Lipinski definition) is 1. The van der Waals surface area contributed by atoms with Crippen molar-refractivity contribution in [3.63, 3.8) is 0 Å². The number of H-pyrrole nitrogens is 1. The summed E-state index contributed by atoms with van der Waals surface area (Å²) in [6.07, 6.45) is 3.32. The van der Waals surface area contributed by atoms with E-state index in [1.54, 1.807) is 12.7 Å². The zero-order valence-corrected chi connectivity index (χ0v) is 17.4. The number of fused-ring (bicyclic) bond motifs is 1. The Morgan fingerprint density at radius 1 is 1.20 bits per heavy atom. The first-order valence-electron chi connectivity index (χ1n) is 10.2. The van der Waals surface area contributed by atoms with Crippen LogP contribution in [0, 0.1) is 11.3 Å². The van der Waals surface area contributed by atoms with E-state index in [0.717, 1.165) is 16.9 Å². The fourth-order valence-corrected chi connectivity index (χ4v) is 4.89. The van der Waals surface area contributed by atoms with Crippen molar-refractivity contribution in [3.8, 4) is 0 Å². The van der Waals surface area contributed by atoms with Crippen LogP contribution in [0.1, 0.15) is 35.9 Å². The molecule has 3 aromatic rings. The number of aromatic nitrogens is 5. The molecule has 0 aliphatic carbocycles. The number of likely N-dealkylation sites (tertiary alicyclic amines) is 2. The number of amides is 2. The Labute approximate surface area is 174 Å². The molecule has 2 amide bonds. The summed E-state index contributed by atoms with van der Waals surface area (Å²) in [6, 6.07) is 5.52. The Balaban J connectivity index is 1.39. The lowest BCUT2D eigenvalue weighted by atomic mass is 9.71. The van der Waals surface area contributed by atoms with Crippen LogP contribution in [0.15, 0.2) is 30.9 Å². The van der Waals surface area contributed by atoms with Gasteiger partial charge in [0.25, 0.3) is 5.91 Å². The van der Waals surface area contributed by atoms with Crippen LogP contribution in [0.5, 0.6) is 0 Å². The van der Waals surface area contributed by atoms with Crippen molar-refractivity contribution in [2.45, 2.75) is 19.8 Å². The number of benzene rings is 1. The van der Waals surface area contributed by atoms with Gasteiger partial charge in [0.15, 0.2) is 0 Å². The zero-order chi connectivity index (χ0) is 21.0. The van der Waals surface area contributed by atoms with E-state index in [1.165, 1.54) is 0 Å². The molecule has 4 heterocycles. The molecule has 156 valence electrons. The van der Waals surface area contributed by atoms with Gasteiger partial charge in [0.2, 0.25) is 5.91 Å². The smallest absolute Gasteiger partial charge is 0.253 e. The van der Waals surface area contributed by atoms with E-state index in [9.17, 15) is 9.59 Å². The van der Waals surface area contributed by atoms with E-state index in [4.69, 9.17) is 0 Å². The summed E-state index contributed by atoms with van der Waals surface area (Å²) in [4.78, 5) is 36.9. The molecule has 1 N–H and O–H groups in total. The molecule has 1 unspecified atom stereocenters. The minimum Gasteiger partial charge on any atom is -0.345 e. The van der Waals surface area contributed by atoms with Crippen LogP contribution in [-0.4, -0.2) is 72.5 Å². The van der Waals surface area contributed by atoms with E-state index in [-0.39, 0.29) is 29.1 Å². The van der Waals surface area contributed by atoms with Gasteiger partial charge in [-0.05, 0) is 18.2 Å². The maximum atomic E-state index is 13.1. The normalized spacial score (nSPS) is 20.3. The number of aromatic amines is 1. The van der Waals surface area contributed by atoms with Gasteiger partial charge in [0, 0.05) is 56.0 Å². The molecular weight excluding hydrogens is 382 g/mol. The highest BCUT2D eigenvalue weighted by Crippen LogP contribution is 2.49. The van der Waals surface area contributed by atoms with Crippen LogP contribution in [0.3, 0.4) is 0 Å². The predicted molar refractivity (Wildman–Crippen MR) is 110 cm³/mol. The van der Waals surface area contributed by atoms with Gasteiger partial charge in [0.1, 0.15) is 12.2 Å². The second-order valence-electron chi connectivity index (χ2n) is 8.88. The summed E-state index contributed by atoms with van der Waals surface area (Å²) in [7, 11) is 1.93. The second kappa shape index (κ2) is 6.65. The molecule has 9 nitrogen and oxygen atoms in total. The van der Waals surface area contributed by atoms with Gasteiger partial charge in [-0.2, -0.15) is 0 Å². The SMILES string of the molecule is CC(C)C(=O)N1CC(c2nncn2C)C2(CN(C(=O)c3ccc4nc[nH]c4c3)C2)C1. The third-order valence-corrected chi connectivity index (χ3v) is 6.48. The predicted octanol–water partition coefficient (Wildman–Crippen LogP) is 1.42. The first-order chi connectivity index (χ1) is 14.4. The van der Waals surface area contributed by atoms with Crippen molar-refractivity contribution in [1.29, 1.82) is 0 Å². The standard InChI is InChI=1S/C21H25N7O2/c1-13(2)19(29)27-7-15(18-25-24-12-26(18)3)21(8-27)9-28(10-21)20(30)14-4-5-16-17(6-14)23-11-22-16/h4-6,11-13,15H,7-10H2,1-3H3,(H,22,23). The highest BCUT2D eigenvalue weighted by Gasteiger charge is 2.58. The molecule has 2 aliphatic rings. The summed E-state index contributed by atoms with van der Waals surface area (Å²) in [5.74, 6) is 1.03. The number of hydrogen-bond acceptors (Lipinski definition) is 5. The van der Waals surface area contributed by atoms with Crippen LogP contribution >= 0.6 is 0 Å². The van der Waals surface area contributed by atoms with Gasteiger partial charge in [0.05, 0.1) is 17.4 Å². The highest BCUT2D eigenvalue weighted by atomic mass is 16.2. The molecule has 1 spiro atoms. The topological polar surface area (TPSA) is 100 Å². The summed E-state index contributed by atoms with van der Waals surface area (Å²) in [5, 5.41) is 8.37. The molecule has 2 aliphatic heterocycles. The molecule has 2 saturated heterocycles. The monoisotopic (exact) mass is 407 g/mol. The van der Waals surface area contributed by atoms with Crippen molar-refractivity contribution >= 4 is 22.8 Å². The fourth-order valence-electron chi connectivity index (χ4n) is 4.89. The van der Waals surface area contributed by atoms with Gasteiger partial charge in [-0.3, -0.25) is 9.59 Å². The summed E-state index contributed by atoms with van der Waals surface area (Å²) >= 11 is 0. The van der Waals surface area contributed by atoms with Crippen LogP contribution in [0.25, 0.3) is 11.0 Å². The minimum absolute atomic E-state index is 0.00229. The third kappa shape index (κ3) is 2.79. The van der Waals surface area contributed by atoms with Crippen LogP contribution in [0.4, 0.5) is 0 Å². The fraction of sp³-hybridized carbons (Fsp3) is 0.476. The Kier molecular flexibility index (Phi) is 4.16. The molecule has 9 heteroatoms. The van der Waals surface area contributed by atoms with Crippen LogP contribution < -0.4 is 0 Å². The Morgan fingerprint density at radius 3 is 2.67 bits per heavy atom. The van der Waals surface area contributed by atoms with Crippen molar-refractivity contribution in [2.24, 2.45) is 18.4 Å². The van der Waals surface area contributed by atoms with Crippen LogP contribution in [-0.2, 0) is 11.8 Å². The molecule has 2 fully saturated rings. The molecule has 5 rings (SSSR count). The Morgan fingerprint density at radius 2 is 1.97 bits per heavy atom. The summed E-state index contributed by atoms with van der Waals surface area (Å²) in [6.45, 7) is 6.31. The van der Waals surface area contributed by atoms with E-state index >= 15 is 0 Å². The average molecular weight is 407 g/mol. The molecule has 0 bridgehead atoms. The average Bonchev–Trinajstić information content (AvgIpc) is 3.42. The molecule has 1 atom stereocenters. The third-order valence-electron chi connectivity index (χ3n) is 6.48. The lowest BCUT2D eigenvalue weighted by Gasteiger charge is -2.50. The van der Waals surface area contributed by atoms with Gasteiger partial charge < -0.3 is 19.4 Å². The number of aryl methyl sites for hydroxylation is 1. The van der Waals surface area contributed by atoms with E-state index in [1.807, 2.05) is 53.5 Å². The first kappa shape index (κ1) is 18.8. The maximum Gasteiger partial charge on any atom is 0.253 e. The van der Waals surface area contributed by atoms with E-state index < -0.39 is 0 Å². The number of carbonyl (C=O) groups is 2. The Bertz CT molecular complexity index is 1130. The second-order valence-corrected chi connectivity index (χ2v) is 8.88. The first-order valence-corrected chi connectivity index (χ1v) is 10.2. The minimum atomic E-state index is -0.181. The quantitative estimate of drug-likeness (QED) is 0.708. The molecular formula is C21H25N7O2. The zero-order valence-electron chi connectivity index (χ0n) is 17.4. The Hall–Kier alpha value is -3.23. The van der Waals surface area contributed by atoms with E-state index in [2.05, 4.69) is 20.2 Å². The molecule has 0 radical (unpaired) electrons. The number of nitrogens with one attached hydrogen (secondary N) is 1. The summed E-state index contributed by atoms with van der Waals surface area (Å²) < 4.78 is 1.92. The van der Waals surface area contributed by atoms with Crippen molar-refractivity contribution < 1.29 is 9.59 Å². The molecule has 30 heavy (non-hydrogen) atoms. The molecule has 0 saturated carbocycles. The largest absolute Gasteiger partial charge is 0.345 e. The lowest BCUT2D eigenvalue weighted by molar-refractivity contribution is -0.134. The van der Waals surface area contributed by atoms with Crippen molar-refractivity contribution in [1.82, 2.24) is 34.5 Å². The van der Waals surface area contributed by atoms with Crippen LogP contribution in [0.2, 0.25) is 0 Å². The maximum absolute atomic E-state index is 13.1.